The average molecular weight is 237 g/mol. The molecule has 0 unspecified atom stereocenters. The fourth-order valence-corrected chi connectivity index (χ4v) is 2.07. The highest BCUT2D eigenvalue weighted by molar-refractivity contribution is 5.07. The third-order valence-electron chi connectivity index (χ3n) is 3.11. The van der Waals surface area contributed by atoms with E-state index >= 15 is 0 Å². The third kappa shape index (κ3) is 3.97. The maximum absolute atomic E-state index is 4.95. The summed E-state index contributed by atoms with van der Waals surface area (Å²) in [5.41, 5.74) is 1.14. The summed E-state index contributed by atoms with van der Waals surface area (Å²) in [6, 6.07) is 1.07. The summed E-state index contributed by atoms with van der Waals surface area (Å²) < 4.78 is 4.95. The molecular formula is C13H23N3O. The maximum atomic E-state index is 4.95. The van der Waals surface area contributed by atoms with E-state index in [1.165, 1.54) is 12.8 Å². The number of hydrogen-bond donors (Lipinski definition) is 0. The van der Waals surface area contributed by atoms with Crippen LogP contribution in [0, 0.1) is 0 Å². The first kappa shape index (κ1) is 13.9. The largest absolute Gasteiger partial charge is 0.467 e. The molecule has 1 aromatic heterocycles. The highest BCUT2D eigenvalue weighted by Gasteiger charge is 2.13. The Morgan fingerprint density at radius 3 is 2.18 bits per heavy atom. The molecule has 4 heteroatoms. The lowest BCUT2D eigenvalue weighted by atomic mass is 10.1. The quantitative estimate of drug-likeness (QED) is 0.730. The van der Waals surface area contributed by atoms with Crippen molar-refractivity contribution in [2.24, 2.45) is 0 Å². The second-order valence-electron chi connectivity index (χ2n) is 4.11. The van der Waals surface area contributed by atoms with Crippen LogP contribution in [0.2, 0.25) is 0 Å². The van der Waals surface area contributed by atoms with Gasteiger partial charge in [-0.1, -0.05) is 20.8 Å². The first-order chi connectivity index (χ1) is 8.24. The van der Waals surface area contributed by atoms with E-state index in [-0.39, 0.29) is 0 Å². The summed E-state index contributed by atoms with van der Waals surface area (Å²) in [4.78, 5) is 10.7. The lowest BCUT2D eigenvalue weighted by Gasteiger charge is -2.28. The van der Waals surface area contributed by atoms with Crippen LogP contribution in [0.3, 0.4) is 0 Å². The fraction of sp³-hybridized carbons (Fsp3) is 0.692. The van der Waals surface area contributed by atoms with Crippen molar-refractivity contribution in [2.75, 3.05) is 13.7 Å². The molecule has 0 radical (unpaired) electrons. The first-order valence-corrected chi connectivity index (χ1v) is 6.34. The zero-order chi connectivity index (χ0) is 12.7. The lowest BCUT2D eigenvalue weighted by Crippen LogP contribution is -2.33. The SMILES string of the molecule is CCC(CC)N(CC)Cc1cnc(OC)nc1. The first-order valence-electron chi connectivity index (χ1n) is 6.34. The van der Waals surface area contributed by atoms with E-state index in [4.69, 9.17) is 4.74 Å². The molecule has 1 heterocycles. The van der Waals surface area contributed by atoms with E-state index in [0.29, 0.717) is 12.1 Å². The molecule has 1 rings (SSSR count). The van der Waals surface area contributed by atoms with Gasteiger partial charge < -0.3 is 4.74 Å². The Labute approximate surface area is 104 Å². The minimum Gasteiger partial charge on any atom is -0.467 e. The van der Waals surface area contributed by atoms with E-state index in [1.54, 1.807) is 7.11 Å². The van der Waals surface area contributed by atoms with Crippen LogP contribution in [0.1, 0.15) is 39.2 Å². The van der Waals surface area contributed by atoms with Gasteiger partial charge in [-0.15, -0.1) is 0 Å². The van der Waals surface area contributed by atoms with Crippen LogP contribution in [0.25, 0.3) is 0 Å². The zero-order valence-electron chi connectivity index (χ0n) is 11.3. The normalized spacial score (nSPS) is 11.2. The molecule has 0 aliphatic heterocycles. The van der Waals surface area contributed by atoms with Gasteiger partial charge in [0.2, 0.25) is 0 Å². The number of ether oxygens (including phenoxy) is 1. The van der Waals surface area contributed by atoms with Crippen molar-refractivity contribution < 1.29 is 4.74 Å². The minimum atomic E-state index is 0.430. The third-order valence-corrected chi connectivity index (χ3v) is 3.11. The Morgan fingerprint density at radius 2 is 1.76 bits per heavy atom. The molecule has 1 aromatic rings. The summed E-state index contributed by atoms with van der Waals surface area (Å²) in [5, 5.41) is 0. The predicted molar refractivity (Wildman–Crippen MR) is 69.0 cm³/mol. The number of hydrogen-bond acceptors (Lipinski definition) is 4. The molecule has 0 saturated heterocycles. The van der Waals surface area contributed by atoms with E-state index in [0.717, 1.165) is 18.7 Å². The summed E-state index contributed by atoms with van der Waals surface area (Å²) in [6.07, 6.45) is 6.05. The van der Waals surface area contributed by atoms with Gasteiger partial charge in [-0.2, -0.15) is 0 Å². The van der Waals surface area contributed by atoms with Gasteiger partial charge >= 0.3 is 6.01 Å². The smallest absolute Gasteiger partial charge is 0.316 e. The van der Waals surface area contributed by atoms with Crippen molar-refractivity contribution in [2.45, 2.75) is 46.2 Å². The van der Waals surface area contributed by atoms with Crippen molar-refractivity contribution in [3.63, 3.8) is 0 Å². The molecular weight excluding hydrogens is 214 g/mol. The Morgan fingerprint density at radius 1 is 1.18 bits per heavy atom. The van der Waals surface area contributed by atoms with Gasteiger partial charge in [0, 0.05) is 30.5 Å². The second-order valence-corrected chi connectivity index (χ2v) is 4.11. The van der Waals surface area contributed by atoms with Gasteiger partial charge in [-0.3, -0.25) is 4.90 Å². The molecule has 0 aromatic carbocycles. The van der Waals surface area contributed by atoms with Crippen molar-refractivity contribution in [3.05, 3.63) is 18.0 Å². The summed E-state index contributed by atoms with van der Waals surface area (Å²) >= 11 is 0. The fourth-order valence-electron chi connectivity index (χ4n) is 2.07. The van der Waals surface area contributed by atoms with Crippen LogP contribution in [-0.4, -0.2) is 34.6 Å². The van der Waals surface area contributed by atoms with Gasteiger partial charge in [0.1, 0.15) is 0 Å². The Hall–Kier alpha value is -1.16. The Balaban J connectivity index is 2.66. The highest BCUT2D eigenvalue weighted by atomic mass is 16.5. The molecule has 0 amide bonds. The number of methoxy groups -OCH3 is 1. The lowest BCUT2D eigenvalue weighted by molar-refractivity contribution is 0.186. The van der Waals surface area contributed by atoms with Crippen LogP contribution in [0.4, 0.5) is 0 Å². The van der Waals surface area contributed by atoms with Crippen LogP contribution in [-0.2, 0) is 6.54 Å². The molecule has 0 bridgehead atoms. The highest BCUT2D eigenvalue weighted by Crippen LogP contribution is 2.13. The Kier molecular flexibility index (Phi) is 5.91. The van der Waals surface area contributed by atoms with Gasteiger partial charge in [0.25, 0.3) is 0 Å². The average Bonchev–Trinajstić information content (AvgIpc) is 2.39. The summed E-state index contributed by atoms with van der Waals surface area (Å²) in [5.74, 6) is 0. The van der Waals surface area contributed by atoms with Crippen LogP contribution in [0.15, 0.2) is 12.4 Å². The van der Waals surface area contributed by atoms with Crippen molar-refractivity contribution in [3.8, 4) is 6.01 Å². The van der Waals surface area contributed by atoms with Crippen molar-refractivity contribution in [1.82, 2.24) is 14.9 Å². The molecule has 0 saturated carbocycles. The second kappa shape index (κ2) is 7.22. The topological polar surface area (TPSA) is 38.2 Å². The molecule has 4 nitrogen and oxygen atoms in total. The molecule has 0 fully saturated rings. The molecule has 0 aliphatic rings. The number of rotatable bonds is 7. The van der Waals surface area contributed by atoms with Gasteiger partial charge in [-0.25, -0.2) is 9.97 Å². The molecule has 0 aliphatic carbocycles. The van der Waals surface area contributed by atoms with Crippen LogP contribution >= 0.6 is 0 Å². The maximum Gasteiger partial charge on any atom is 0.316 e. The van der Waals surface area contributed by atoms with E-state index in [2.05, 4.69) is 35.6 Å². The van der Waals surface area contributed by atoms with Crippen molar-refractivity contribution >= 4 is 0 Å². The van der Waals surface area contributed by atoms with Gasteiger partial charge in [0.15, 0.2) is 0 Å². The van der Waals surface area contributed by atoms with Crippen molar-refractivity contribution in [1.29, 1.82) is 0 Å². The van der Waals surface area contributed by atoms with Crippen LogP contribution in [0.5, 0.6) is 6.01 Å². The number of aromatic nitrogens is 2. The number of nitrogens with zero attached hydrogens (tertiary/aromatic N) is 3. The van der Waals surface area contributed by atoms with Crippen LogP contribution < -0.4 is 4.74 Å². The van der Waals surface area contributed by atoms with E-state index in [9.17, 15) is 0 Å². The molecule has 0 N–H and O–H groups in total. The predicted octanol–water partition coefficient (Wildman–Crippen LogP) is 2.50. The summed E-state index contributed by atoms with van der Waals surface area (Å²) in [6.45, 7) is 8.64. The Bertz CT molecular complexity index is 309. The standard InChI is InChI=1S/C13H23N3O/c1-5-12(6-2)16(7-3)10-11-8-14-13(17-4)15-9-11/h8-9,12H,5-7,10H2,1-4H3. The monoisotopic (exact) mass is 237 g/mol. The molecule has 0 atom stereocenters. The summed E-state index contributed by atoms with van der Waals surface area (Å²) in [7, 11) is 1.58. The van der Waals surface area contributed by atoms with Gasteiger partial charge in [-0.05, 0) is 19.4 Å². The minimum absolute atomic E-state index is 0.430. The zero-order valence-corrected chi connectivity index (χ0v) is 11.3. The molecule has 17 heavy (non-hydrogen) atoms. The van der Waals surface area contributed by atoms with E-state index in [1.807, 2.05) is 12.4 Å². The van der Waals surface area contributed by atoms with E-state index < -0.39 is 0 Å². The molecule has 96 valence electrons. The van der Waals surface area contributed by atoms with Gasteiger partial charge in [0.05, 0.1) is 7.11 Å². The molecule has 0 spiro atoms.